The summed E-state index contributed by atoms with van der Waals surface area (Å²) < 4.78 is 68.9. The molecular formula is C35H27N7O10S2. The third kappa shape index (κ3) is 8.29. The van der Waals surface area contributed by atoms with Crippen molar-refractivity contribution >= 4 is 95.7 Å². The largest absolute Gasteiger partial charge is 0.497 e. The van der Waals surface area contributed by atoms with Gasteiger partial charge in [-0.1, -0.05) is 18.2 Å². The molecule has 54 heavy (non-hydrogen) atoms. The van der Waals surface area contributed by atoms with Crippen LogP contribution in [0.15, 0.2) is 116 Å². The number of aliphatic imine (C=N–C) groups is 1. The van der Waals surface area contributed by atoms with Crippen LogP contribution >= 0.6 is 0 Å². The highest BCUT2D eigenvalue weighted by atomic mass is 32.2. The number of hydrazone groups is 2. The number of carbonyl (C=O) groups is 3. The summed E-state index contributed by atoms with van der Waals surface area (Å²) >= 11 is 0. The zero-order valence-electron chi connectivity index (χ0n) is 27.7. The number of para-hydroxylation sites is 1. The molecule has 0 saturated heterocycles. The molecule has 0 aliphatic heterocycles. The van der Waals surface area contributed by atoms with Crippen molar-refractivity contribution in [1.82, 2.24) is 0 Å². The van der Waals surface area contributed by atoms with Gasteiger partial charge in [-0.3, -0.25) is 29.5 Å². The van der Waals surface area contributed by atoms with E-state index in [1.165, 1.54) is 67.6 Å². The number of benzene rings is 4. The third-order valence-electron chi connectivity index (χ3n) is 7.66. The first-order chi connectivity index (χ1) is 25.6. The van der Waals surface area contributed by atoms with E-state index in [1.807, 2.05) is 0 Å². The van der Waals surface area contributed by atoms with Crippen molar-refractivity contribution in [3.05, 3.63) is 123 Å². The van der Waals surface area contributed by atoms with E-state index in [9.17, 15) is 45.4 Å². The van der Waals surface area contributed by atoms with Gasteiger partial charge in [-0.15, -0.1) is 0 Å². The Bertz CT molecular complexity index is 2610. The fraction of sp³-hybridized carbons (Fsp3) is 0.0286. The number of urea groups is 1. The predicted octanol–water partition coefficient (Wildman–Crippen LogP) is 5.72. The van der Waals surface area contributed by atoms with E-state index in [0.29, 0.717) is 17.1 Å². The van der Waals surface area contributed by atoms with Gasteiger partial charge in [0.25, 0.3) is 20.2 Å². The Morgan fingerprint density at radius 1 is 0.611 bits per heavy atom. The maximum absolute atomic E-state index is 13.4. The Morgan fingerprint density at radius 2 is 1.04 bits per heavy atom. The number of nitrogens with zero attached hydrogens (tertiary/aromatic N) is 3. The summed E-state index contributed by atoms with van der Waals surface area (Å²) in [6.45, 7) is 1.40. The molecule has 0 spiro atoms. The number of anilines is 4. The monoisotopic (exact) mass is 769 g/mol. The van der Waals surface area contributed by atoms with Crippen molar-refractivity contribution in [3.8, 4) is 0 Å². The lowest BCUT2D eigenvalue weighted by Gasteiger charge is -2.18. The van der Waals surface area contributed by atoms with Crippen LogP contribution in [0.2, 0.25) is 0 Å². The number of nitrogens with one attached hydrogen (secondary N) is 4. The molecule has 2 amide bonds. The Morgan fingerprint density at radius 3 is 1.46 bits per heavy atom. The van der Waals surface area contributed by atoms with Crippen LogP contribution in [-0.4, -0.2) is 66.0 Å². The number of ketones is 2. The highest BCUT2D eigenvalue weighted by molar-refractivity contribution is 7.91. The molecule has 0 bridgehead atoms. The van der Waals surface area contributed by atoms with E-state index in [-0.39, 0.29) is 39.5 Å². The van der Waals surface area contributed by atoms with Crippen molar-refractivity contribution in [2.24, 2.45) is 15.2 Å². The lowest BCUT2D eigenvalue weighted by molar-refractivity contribution is 0.105. The van der Waals surface area contributed by atoms with E-state index >= 15 is 0 Å². The van der Waals surface area contributed by atoms with Gasteiger partial charge >= 0.3 is 6.03 Å². The summed E-state index contributed by atoms with van der Waals surface area (Å²) in [4.78, 5) is 41.9. The number of hydrogen-bond donors (Lipinski definition) is 7. The summed E-state index contributed by atoms with van der Waals surface area (Å²) in [7, 11) is -9.88. The highest BCUT2D eigenvalue weighted by Gasteiger charge is 2.34. The zero-order chi connectivity index (χ0) is 38.8. The molecule has 19 heteroatoms. The Balaban J connectivity index is 1.20. The predicted molar refractivity (Wildman–Crippen MR) is 204 cm³/mol. The minimum atomic E-state index is -4.96. The van der Waals surface area contributed by atoms with Crippen LogP contribution in [0.5, 0.6) is 0 Å². The van der Waals surface area contributed by atoms with E-state index in [2.05, 4.69) is 36.7 Å². The molecule has 2 aliphatic carbocycles. The first-order valence-corrected chi connectivity index (χ1v) is 18.4. The maximum atomic E-state index is 13.4. The molecule has 0 fully saturated rings. The Hall–Kier alpha value is -6.80. The normalized spacial score (nSPS) is 15.9. The van der Waals surface area contributed by atoms with Gasteiger partial charge in [-0.2, -0.15) is 27.0 Å². The molecule has 6 rings (SSSR count). The number of hydrogen-bond acceptors (Lipinski definition) is 12. The molecule has 4 aromatic carbocycles. The molecule has 0 atom stereocenters. The van der Waals surface area contributed by atoms with Crippen LogP contribution in [0.4, 0.5) is 33.2 Å². The van der Waals surface area contributed by atoms with Gasteiger partial charge in [-0.25, -0.2) is 9.79 Å². The van der Waals surface area contributed by atoms with Crippen molar-refractivity contribution < 1.29 is 45.4 Å². The number of amides is 2. The molecule has 0 saturated carbocycles. The van der Waals surface area contributed by atoms with Crippen LogP contribution in [0.1, 0.15) is 38.8 Å². The second-order valence-electron chi connectivity index (χ2n) is 11.5. The SMILES string of the molecule is CC(O)=Nc1ccc(N/N=C2\C(=O)c3ccc(NC(=O)Nc4ccc5c(c4)C=C(S(=O)(=O)O)/C(=N\Nc4ccccc4)C5=O)cc3C=C2S(=O)(=O)O)cc1. The van der Waals surface area contributed by atoms with Crippen LogP contribution in [-0.2, 0) is 20.2 Å². The number of aliphatic hydroxyl groups excluding tert-OH is 1. The molecular weight excluding hydrogens is 743 g/mol. The maximum Gasteiger partial charge on any atom is 0.323 e. The van der Waals surface area contributed by atoms with Crippen molar-refractivity contribution in [3.63, 3.8) is 0 Å². The standard InChI is InChI=1S/C35H27N7O10S2/c1-19(43)36-22-7-9-24(10-8-22)40-42-32-30(54(50,51)52)18-21-16-26(12-14-28(21)34(32)45)38-35(46)37-25-11-13-27-20(15-25)17-29(53(47,48)49)31(33(27)44)41-39-23-5-3-2-4-6-23/h2-18,39-40H,1H3,(H,36,43)(H2,37,38,46)(H,47,48,49)(H,50,51,52)/b41-31+,42-32-. The second kappa shape index (κ2) is 14.7. The number of aliphatic hydroxyl groups is 1. The van der Waals surface area contributed by atoms with E-state index in [4.69, 9.17) is 0 Å². The minimum absolute atomic E-state index is 0.0136. The van der Waals surface area contributed by atoms with E-state index < -0.39 is 59.1 Å². The number of allylic oxidation sites excluding steroid dienone is 2. The first kappa shape index (κ1) is 37.0. The molecule has 274 valence electrons. The van der Waals surface area contributed by atoms with Gasteiger partial charge in [-0.05, 0) is 96.1 Å². The molecule has 17 nitrogen and oxygen atoms in total. The van der Waals surface area contributed by atoms with Gasteiger partial charge in [0.2, 0.25) is 11.6 Å². The zero-order valence-corrected chi connectivity index (χ0v) is 29.3. The Kier molecular flexibility index (Phi) is 10.0. The molecule has 0 unspecified atom stereocenters. The van der Waals surface area contributed by atoms with Crippen molar-refractivity contribution in [1.29, 1.82) is 0 Å². The molecule has 4 aromatic rings. The number of Topliss-reactive ketones (excluding diaryl/α,β-unsaturated/α-hetero) is 2. The third-order valence-corrected chi connectivity index (χ3v) is 9.39. The van der Waals surface area contributed by atoms with Crippen molar-refractivity contribution in [2.75, 3.05) is 21.5 Å². The molecule has 2 aliphatic rings. The van der Waals surface area contributed by atoms with Crippen LogP contribution < -0.4 is 21.5 Å². The number of carbonyl (C=O) groups excluding carboxylic acids is 3. The Labute approximate surface area is 307 Å². The van der Waals surface area contributed by atoms with Crippen molar-refractivity contribution in [2.45, 2.75) is 6.92 Å². The number of fused-ring (bicyclic) bond motifs is 2. The molecule has 0 radical (unpaired) electrons. The minimum Gasteiger partial charge on any atom is -0.497 e. The number of rotatable bonds is 9. The van der Waals surface area contributed by atoms with Crippen LogP contribution in [0.25, 0.3) is 12.2 Å². The summed E-state index contributed by atoms with van der Waals surface area (Å²) in [5.74, 6) is -1.80. The summed E-state index contributed by atoms with van der Waals surface area (Å²) in [6.07, 6.45) is 2.06. The van der Waals surface area contributed by atoms with Gasteiger partial charge in [0.1, 0.15) is 9.81 Å². The summed E-state index contributed by atoms with van der Waals surface area (Å²) in [5.41, 5.74) is 5.63. The fourth-order valence-corrected chi connectivity index (χ4v) is 6.60. The summed E-state index contributed by atoms with van der Waals surface area (Å²) in [5, 5.41) is 22.2. The smallest absolute Gasteiger partial charge is 0.323 e. The van der Waals surface area contributed by atoms with Gasteiger partial charge in [0.15, 0.2) is 17.3 Å². The van der Waals surface area contributed by atoms with E-state index in [1.54, 1.807) is 30.3 Å². The van der Waals surface area contributed by atoms with Gasteiger partial charge in [0, 0.05) is 29.4 Å². The van der Waals surface area contributed by atoms with Gasteiger partial charge in [0.05, 0.1) is 17.1 Å². The quantitative estimate of drug-likeness (QED) is 0.0466. The molecule has 7 N–H and O–H groups in total. The molecule has 0 heterocycles. The average Bonchev–Trinajstić information content (AvgIpc) is 3.10. The lowest BCUT2D eigenvalue weighted by atomic mass is 9.94. The second-order valence-corrected chi connectivity index (χ2v) is 14.3. The molecule has 0 aromatic heterocycles. The average molecular weight is 770 g/mol. The lowest BCUT2D eigenvalue weighted by Crippen LogP contribution is -2.27. The van der Waals surface area contributed by atoms with Crippen LogP contribution in [0.3, 0.4) is 0 Å². The van der Waals surface area contributed by atoms with E-state index in [0.717, 1.165) is 12.2 Å². The van der Waals surface area contributed by atoms with Gasteiger partial charge < -0.3 is 15.7 Å². The highest BCUT2D eigenvalue weighted by Crippen LogP contribution is 2.30. The first-order valence-electron chi connectivity index (χ1n) is 15.5. The fourth-order valence-electron chi connectivity index (χ4n) is 5.28. The van der Waals surface area contributed by atoms with Crippen LogP contribution in [0, 0.1) is 0 Å². The topological polar surface area (TPSA) is 265 Å². The summed E-state index contributed by atoms with van der Waals surface area (Å²) in [6, 6.07) is 21.7.